The summed E-state index contributed by atoms with van der Waals surface area (Å²) in [5.74, 6) is 0. The van der Waals surface area contributed by atoms with Crippen molar-refractivity contribution in [3.8, 4) is 0 Å². The Morgan fingerprint density at radius 2 is 1.07 bits per heavy atom. The Bertz CT molecular complexity index is 841. The molecule has 0 radical (unpaired) electrons. The van der Waals surface area contributed by atoms with Crippen molar-refractivity contribution in [3.05, 3.63) is 82.9 Å². The molecule has 4 aliphatic rings. The van der Waals surface area contributed by atoms with Crippen LogP contribution in [0.5, 0.6) is 0 Å². The molecule has 27 heavy (non-hydrogen) atoms. The van der Waals surface area contributed by atoms with Crippen LogP contribution in [-0.4, -0.2) is 0 Å². The van der Waals surface area contributed by atoms with Gasteiger partial charge in [0.1, 0.15) is 0 Å². The summed E-state index contributed by atoms with van der Waals surface area (Å²) in [5, 5.41) is 0. The molecule has 0 N–H and O–H groups in total. The maximum Gasteiger partial charge on any atom is -1.00 e. The summed E-state index contributed by atoms with van der Waals surface area (Å²) in [6.45, 7) is 0. The minimum atomic E-state index is -2.42. The predicted octanol–water partition coefficient (Wildman–Crippen LogP) is 0.849. The average molecular weight is 475 g/mol. The van der Waals surface area contributed by atoms with Crippen molar-refractivity contribution in [2.24, 2.45) is 0 Å². The van der Waals surface area contributed by atoms with Crippen LogP contribution in [0.3, 0.4) is 0 Å². The number of hydrogen-bond acceptors (Lipinski definition) is 0. The molecule has 1 heterocycles. The predicted molar refractivity (Wildman–Crippen MR) is 102 cm³/mol. The van der Waals surface area contributed by atoms with Gasteiger partial charge in [0.2, 0.25) is 0 Å². The van der Waals surface area contributed by atoms with Crippen LogP contribution in [0.1, 0.15) is 55.2 Å². The van der Waals surface area contributed by atoms with Gasteiger partial charge in [-0.25, -0.2) is 0 Å². The van der Waals surface area contributed by atoms with Gasteiger partial charge in [-0.15, -0.1) is 0 Å². The van der Waals surface area contributed by atoms with Crippen molar-refractivity contribution >= 4 is 12.2 Å². The van der Waals surface area contributed by atoms with E-state index in [1.165, 1.54) is 36.8 Å². The maximum absolute atomic E-state index is 2.63. The molecular weight excluding hydrogens is 450 g/mol. The van der Waals surface area contributed by atoms with Gasteiger partial charge >= 0.3 is 156 Å². The molecule has 6 rings (SSSR count). The van der Waals surface area contributed by atoms with E-state index >= 15 is 0 Å². The second-order valence-electron chi connectivity index (χ2n) is 8.43. The molecule has 2 aromatic rings. The normalized spacial score (nSPS) is 31.7. The molecule has 3 aliphatic carbocycles. The zero-order chi connectivity index (χ0) is 16.4. The zero-order valence-corrected chi connectivity index (χ0v) is 19.3. The van der Waals surface area contributed by atoms with E-state index in [1.807, 2.05) is 0 Å². The maximum atomic E-state index is 2.63. The van der Waals surface area contributed by atoms with Gasteiger partial charge in [-0.2, -0.15) is 0 Å². The largest absolute Gasteiger partial charge is 1.00 e. The summed E-state index contributed by atoms with van der Waals surface area (Å²) in [4.78, 5) is 0. The fourth-order valence-electron chi connectivity index (χ4n) is 6.71. The summed E-state index contributed by atoms with van der Waals surface area (Å²) < 4.78 is 3.84. The summed E-state index contributed by atoms with van der Waals surface area (Å²) in [6, 6.07) is 18.5. The molecule has 0 spiro atoms. The Morgan fingerprint density at radius 1 is 0.630 bits per heavy atom. The smallest absolute Gasteiger partial charge is 1.00 e. The van der Waals surface area contributed by atoms with Crippen molar-refractivity contribution in [2.45, 2.75) is 40.2 Å². The van der Waals surface area contributed by atoms with Crippen molar-refractivity contribution in [1.29, 1.82) is 0 Å². The van der Waals surface area contributed by atoms with E-state index in [2.05, 4.69) is 72.8 Å². The number of benzene rings is 2. The Morgan fingerprint density at radius 3 is 1.56 bits per heavy atom. The molecule has 0 nitrogen and oxygen atoms in total. The van der Waals surface area contributed by atoms with Gasteiger partial charge in [-0.3, -0.25) is 0 Å². The van der Waals surface area contributed by atoms with Crippen molar-refractivity contribution in [3.63, 3.8) is 0 Å². The third-order valence-corrected chi connectivity index (χ3v) is 24.2. The topological polar surface area (TPSA) is 0 Å². The quantitative estimate of drug-likeness (QED) is 0.606. The van der Waals surface area contributed by atoms with E-state index in [9.17, 15) is 0 Å². The molecule has 1 saturated heterocycles. The van der Waals surface area contributed by atoms with E-state index in [-0.39, 0.29) is 24.8 Å². The fourth-order valence-corrected chi connectivity index (χ4v) is 28.2. The number of rotatable bonds is 2. The van der Waals surface area contributed by atoms with Gasteiger partial charge in [0, 0.05) is 0 Å². The van der Waals surface area contributed by atoms with Crippen molar-refractivity contribution in [1.82, 2.24) is 0 Å². The monoisotopic (exact) mass is 472 g/mol. The molecule has 0 amide bonds. The van der Waals surface area contributed by atoms with Gasteiger partial charge in [-0.05, 0) is 0 Å². The van der Waals surface area contributed by atoms with Crippen LogP contribution in [0.4, 0.5) is 0 Å². The number of fused-ring (bicyclic) bond motifs is 3. The van der Waals surface area contributed by atoms with Crippen molar-refractivity contribution < 1.29 is 45.1 Å². The molecule has 0 bridgehead atoms. The van der Waals surface area contributed by atoms with E-state index in [1.54, 1.807) is 11.1 Å². The van der Waals surface area contributed by atoms with Crippen LogP contribution >= 0.6 is 0 Å². The van der Waals surface area contributed by atoms with Crippen LogP contribution in [0.25, 0.3) is 12.2 Å². The van der Waals surface area contributed by atoms with Gasteiger partial charge in [0.15, 0.2) is 0 Å². The Balaban J connectivity index is 0.000000900. The van der Waals surface area contributed by atoms with Gasteiger partial charge in [-0.1, -0.05) is 0 Å². The van der Waals surface area contributed by atoms with E-state index in [0.29, 0.717) is 0 Å². The molecule has 1 saturated carbocycles. The second kappa shape index (κ2) is 7.33. The van der Waals surface area contributed by atoms with Crippen LogP contribution in [0.2, 0.25) is 7.25 Å². The van der Waals surface area contributed by atoms with Crippen LogP contribution in [-0.2, 0) is 20.3 Å². The average Bonchev–Trinajstić information content (AvgIpc) is 3.00. The first-order valence-corrected chi connectivity index (χ1v) is 15.6. The summed E-state index contributed by atoms with van der Waals surface area (Å²) in [6.07, 6.45) is 16.2. The number of halogens is 2. The van der Waals surface area contributed by atoms with Gasteiger partial charge in [0.25, 0.3) is 0 Å². The van der Waals surface area contributed by atoms with E-state index in [0.717, 1.165) is 14.5 Å². The minimum Gasteiger partial charge on any atom is -1.00 e. The summed E-state index contributed by atoms with van der Waals surface area (Å²) in [5.41, 5.74) is 6.35. The van der Waals surface area contributed by atoms with Gasteiger partial charge in [0.05, 0.1) is 0 Å². The standard InChI is InChI=1S/2C9H7.C6H10.2ClH.Zr/c2*1-2-5-9-7-3-6-8(9)4-1;1-2-4-6-5-3-1;;;/h2*1-7H;1-2H,3-6H2;2*1H;/q;;;;;+2/p-2. The molecule has 0 aromatic heterocycles. The summed E-state index contributed by atoms with van der Waals surface area (Å²) in [7, 11) is 0. The SMILES string of the molecule is C1=C[CH]([Zr+2]2([CH]3C=Cc4ccccc43)[CH]3CCCC[CH]32)c2ccccc21.[Cl-].[Cl-]. The van der Waals surface area contributed by atoms with Crippen LogP contribution in [0, 0.1) is 0 Å². The molecule has 2 fully saturated rings. The van der Waals surface area contributed by atoms with E-state index < -0.39 is 20.3 Å². The Kier molecular flexibility index (Phi) is 5.34. The minimum absolute atomic E-state index is 0. The Labute approximate surface area is 179 Å². The van der Waals surface area contributed by atoms with Gasteiger partial charge < -0.3 is 24.8 Å². The molecule has 4 unspecified atom stereocenters. The van der Waals surface area contributed by atoms with E-state index in [4.69, 9.17) is 0 Å². The van der Waals surface area contributed by atoms with Crippen LogP contribution in [0.15, 0.2) is 60.7 Å². The zero-order valence-electron chi connectivity index (χ0n) is 15.3. The molecule has 138 valence electrons. The molecular formula is C24H24Cl2Zr. The van der Waals surface area contributed by atoms with Crippen molar-refractivity contribution in [2.75, 3.05) is 0 Å². The number of allylic oxidation sites excluding steroid dienone is 2. The molecule has 4 atom stereocenters. The third kappa shape index (κ3) is 2.65. The molecule has 3 heteroatoms. The first-order valence-electron chi connectivity index (χ1n) is 9.95. The number of hydrogen-bond donors (Lipinski definition) is 0. The molecule has 1 aliphatic heterocycles. The second-order valence-corrected chi connectivity index (χ2v) is 20.0. The molecule has 2 aromatic carbocycles. The first kappa shape index (κ1) is 19.7. The fraction of sp³-hybridized carbons (Fsp3) is 0.333. The third-order valence-electron chi connectivity index (χ3n) is 7.62. The van der Waals surface area contributed by atoms with Crippen LogP contribution < -0.4 is 24.8 Å². The summed E-state index contributed by atoms with van der Waals surface area (Å²) >= 11 is -2.42. The first-order chi connectivity index (χ1) is 12.4. The Hall–Kier alpha value is -0.617.